The summed E-state index contributed by atoms with van der Waals surface area (Å²) in [5, 5.41) is 0.453. The molecular formula is C21H16ClIN2O4S. The van der Waals surface area contributed by atoms with Crippen molar-refractivity contribution in [2.45, 2.75) is 19.9 Å². The van der Waals surface area contributed by atoms with E-state index in [0.29, 0.717) is 37.0 Å². The van der Waals surface area contributed by atoms with Crippen molar-refractivity contribution in [3.8, 4) is 0 Å². The summed E-state index contributed by atoms with van der Waals surface area (Å²) in [6, 6.07) is 10.0. The highest BCUT2D eigenvalue weighted by atomic mass is 127. The zero-order chi connectivity index (χ0) is 21.4. The monoisotopic (exact) mass is 554 g/mol. The fraction of sp³-hybridized carbons (Fsp3) is 0.190. The normalized spacial score (nSPS) is 16.4. The van der Waals surface area contributed by atoms with Crippen LogP contribution < -0.4 is 14.9 Å². The van der Waals surface area contributed by atoms with Crippen LogP contribution in [0.2, 0.25) is 5.02 Å². The van der Waals surface area contributed by atoms with Crippen molar-refractivity contribution >= 4 is 57.6 Å². The minimum atomic E-state index is -0.729. The highest BCUT2D eigenvalue weighted by Gasteiger charge is 2.34. The molecule has 0 radical (unpaired) electrons. The molecule has 9 heteroatoms. The Labute approximate surface area is 194 Å². The second-order valence-corrected chi connectivity index (χ2v) is 8.95. The number of hydrogen-bond acceptors (Lipinski definition) is 6. The zero-order valence-corrected chi connectivity index (χ0v) is 19.7. The van der Waals surface area contributed by atoms with Crippen molar-refractivity contribution in [3.63, 3.8) is 0 Å². The number of esters is 1. The fourth-order valence-electron chi connectivity index (χ4n) is 3.32. The van der Waals surface area contributed by atoms with Crippen LogP contribution in [0.3, 0.4) is 0 Å². The second-order valence-electron chi connectivity index (χ2n) is 6.47. The van der Waals surface area contributed by atoms with Crippen LogP contribution in [0.1, 0.15) is 31.2 Å². The molecule has 154 valence electrons. The van der Waals surface area contributed by atoms with Crippen molar-refractivity contribution in [2.75, 3.05) is 6.61 Å². The van der Waals surface area contributed by atoms with E-state index in [-0.39, 0.29) is 12.2 Å². The summed E-state index contributed by atoms with van der Waals surface area (Å²) in [6.07, 6.45) is 1.68. The third kappa shape index (κ3) is 3.79. The predicted molar refractivity (Wildman–Crippen MR) is 123 cm³/mol. The third-order valence-corrected chi connectivity index (χ3v) is 6.49. The van der Waals surface area contributed by atoms with Gasteiger partial charge in [0.25, 0.3) is 5.56 Å². The molecule has 4 rings (SSSR count). The zero-order valence-electron chi connectivity index (χ0n) is 16.0. The number of carbonyl (C=O) groups is 1. The van der Waals surface area contributed by atoms with E-state index in [1.165, 1.54) is 15.9 Å². The molecule has 3 heterocycles. The Bertz CT molecular complexity index is 1350. The molecule has 0 unspecified atom stereocenters. The van der Waals surface area contributed by atoms with Crippen LogP contribution >= 0.6 is 45.5 Å². The van der Waals surface area contributed by atoms with Crippen LogP contribution in [-0.4, -0.2) is 17.1 Å². The first-order valence-corrected chi connectivity index (χ1v) is 11.4. The van der Waals surface area contributed by atoms with Gasteiger partial charge in [0.1, 0.15) is 11.8 Å². The summed E-state index contributed by atoms with van der Waals surface area (Å²) in [5.74, 6) is 0.0545. The molecule has 0 saturated carbocycles. The van der Waals surface area contributed by atoms with Gasteiger partial charge in [0.15, 0.2) is 8.57 Å². The maximum absolute atomic E-state index is 13.4. The molecule has 1 aliphatic rings. The fourth-order valence-corrected chi connectivity index (χ4v) is 5.02. The van der Waals surface area contributed by atoms with Crippen LogP contribution in [0.15, 0.2) is 61.9 Å². The maximum atomic E-state index is 13.4. The lowest BCUT2D eigenvalue weighted by Crippen LogP contribution is -2.40. The maximum Gasteiger partial charge on any atom is 0.338 e. The van der Waals surface area contributed by atoms with Gasteiger partial charge < -0.3 is 9.15 Å². The number of nitrogens with zero attached hydrogens (tertiary/aromatic N) is 2. The van der Waals surface area contributed by atoms with Gasteiger partial charge in [-0.2, -0.15) is 0 Å². The molecule has 1 aromatic carbocycles. The quantitative estimate of drug-likeness (QED) is 0.365. The van der Waals surface area contributed by atoms with E-state index in [1.807, 2.05) is 12.1 Å². The number of hydrogen-bond donors (Lipinski definition) is 0. The van der Waals surface area contributed by atoms with Gasteiger partial charge in [-0.25, -0.2) is 9.79 Å². The van der Waals surface area contributed by atoms with E-state index in [9.17, 15) is 9.59 Å². The number of halogens is 2. The molecule has 0 spiro atoms. The van der Waals surface area contributed by atoms with Crippen LogP contribution in [0.4, 0.5) is 0 Å². The lowest BCUT2D eigenvalue weighted by molar-refractivity contribution is -0.139. The standard InChI is InChI=1S/C21H16ClIN2O4S/c1-3-28-20(27)17-11(2)24-21-25(18(17)13-6-4-5-7-14(13)22)19(26)15(30-21)10-12-8-9-16(23)29-12/h4-10,18H,3H2,1-2H3/b15-10-/t18-/m0/s1. The highest BCUT2D eigenvalue weighted by Crippen LogP contribution is 2.34. The van der Waals surface area contributed by atoms with E-state index < -0.39 is 12.0 Å². The number of benzene rings is 1. The SMILES string of the molecule is CCOC(=O)C1=C(C)N=c2s/c(=C\c3ccc(I)o3)c(=O)n2[C@H]1c1ccccc1Cl. The van der Waals surface area contributed by atoms with E-state index >= 15 is 0 Å². The summed E-state index contributed by atoms with van der Waals surface area (Å²) in [6.45, 7) is 3.69. The predicted octanol–water partition coefficient (Wildman–Crippen LogP) is 3.65. The van der Waals surface area contributed by atoms with Crippen molar-refractivity contribution in [1.29, 1.82) is 0 Å². The number of furan rings is 1. The summed E-state index contributed by atoms with van der Waals surface area (Å²) < 4.78 is 13.5. The Morgan fingerprint density at radius 1 is 1.37 bits per heavy atom. The summed E-state index contributed by atoms with van der Waals surface area (Å²) in [7, 11) is 0. The van der Waals surface area contributed by atoms with Crippen molar-refractivity contribution < 1.29 is 13.9 Å². The number of allylic oxidation sites excluding steroid dienone is 1. The average Bonchev–Trinajstić information content (AvgIpc) is 3.24. The van der Waals surface area contributed by atoms with Gasteiger partial charge in [0.2, 0.25) is 0 Å². The Morgan fingerprint density at radius 3 is 2.80 bits per heavy atom. The number of aromatic nitrogens is 1. The lowest BCUT2D eigenvalue weighted by Gasteiger charge is -2.25. The molecule has 2 aromatic heterocycles. The van der Waals surface area contributed by atoms with Crippen LogP contribution in [0.25, 0.3) is 6.08 Å². The first kappa shape index (κ1) is 21.1. The second kappa shape index (κ2) is 8.52. The molecule has 0 N–H and O–H groups in total. The van der Waals surface area contributed by atoms with Crippen molar-refractivity contribution in [1.82, 2.24) is 4.57 Å². The molecular weight excluding hydrogens is 539 g/mol. The molecule has 0 amide bonds. The minimum absolute atomic E-state index is 0.215. The van der Waals surface area contributed by atoms with Gasteiger partial charge in [-0.1, -0.05) is 41.1 Å². The number of fused-ring (bicyclic) bond motifs is 1. The molecule has 1 atom stereocenters. The number of carbonyl (C=O) groups excluding carboxylic acids is 1. The largest absolute Gasteiger partial charge is 0.463 e. The van der Waals surface area contributed by atoms with E-state index in [4.69, 9.17) is 20.8 Å². The van der Waals surface area contributed by atoms with E-state index in [0.717, 1.165) is 3.77 Å². The van der Waals surface area contributed by atoms with E-state index in [2.05, 4.69) is 27.6 Å². The smallest absolute Gasteiger partial charge is 0.338 e. The van der Waals surface area contributed by atoms with Gasteiger partial charge in [0.05, 0.1) is 22.4 Å². The first-order chi connectivity index (χ1) is 14.4. The van der Waals surface area contributed by atoms with Gasteiger partial charge in [0, 0.05) is 11.1 Å². The van der Waals surface area contributed by atoms with Crippen molar-refractivity contribution in [3.05, 3.63) is 87.5 Å². The highest BCUT2D eigenvalue weighted by molar-refractivity contribution is 14.1. The summed E-state index contributed by atoms with van der Waals surface area (Å²) in [4.78, 5) is 31.2. The Balaban J connectivity index is 1.99. The molecule has 3 aromatic rings. The van der Waals surface area contributed by atoms with Crippen LogP contribution in [0.5, 0.6) is 0 Å². The molecule has 6 nitrogen and oxygen atoms in total. The van der Waals surface area contributed by atoms with Crippen LogP contribution in [0, 0.1) is 3.77 Å². The molecule has 30 heavy (non-hydrogen) atoms. The average molecular weight is 555 g/mol. The molecule has 0 saturated heterocycles. The van der Waals surface area contributed by atoms with Gasteiger partial charge >= 0.3 is 5.97 Å². The van der Waals surface area contributed by atoms with E-state index in [1.54, 1.807) is 44.2 Å². The van der Waals surface area contributed by atoms with Crippen molar-refractivity contribution in [2.24, 2.45) is 4.99 Å². The Hall–Kier alpha value is -2.17. The third-order valence-electron chi connectivity index (χ3n) is 4.58. The molecule has 0 fully saturated rings. The molecule has 0 aliphatic carbocycles. The van der Waals surface area contributed by atoms with Gasteiger partial charge in [-0.15, -0.1) is 0 Å². The number of ether oxygens (including phenoxy) is 1. The topological polar surface area (TPSA) is 73.8 Å². The van der Waals surface area contributed by atoms with Crippen LogP contribution in [-0.2, 0) is 9.53 Å². The Kier molecular flexibility index (Phi) is 5.99. The minimum Gasteiger partial charge on any atom is -0.463 e. The summed E-state index contributed by atoms with van der Waals surface area (Å²) >= 11 is 9.77. The molecule has 0 bridgehead atoms. The Morgan fingerprint density at radius 2 is 2.13 bits per heavy atom. The number of rotatable bonds is 4. The van der Waals surface area contributed by atoms with Gasteiger partial charge in [-0.3, -0.25) is 9.36 Å². The number of thiazole rings is 1. The molecule has 1 aliphatic heterocycles. The lowest BCUT2D eigenvalue weighted by atomic mass is 9.96. The van der Waals surface area contributed by atoms with Gasteiger partial charge in [-0.05, 0) is 60.2 Å². The summed E-state index contributed by atoms with van der Waals surface area (Å²) in [5.41, 5.74) is 1.16. The first-order valence-electron chi connectivity index (χ1n) is 9.10.